The molecule has 1 aliphatic heterocycles. The fourth-order valence-corrected chi connectivity index (χ4v) is 4.36. The topological polar surface area (TPSA) is 93.8 Å². The number of aryl methyl sites for hydroxylation is 1. The van der Waals surface area contributed by atoms with Crippen LogP contribution in [0.2, 0.25) is 0 Å². The van der Waals surface area contributed by atoms with Crippen molar-refractivity contribution in [2.24, 2.45) is 0 Å². The van der Waals surface area contributed by atoms with Crippen LogP contribution in [-0.2, 0) is 9.59 Å². The zero-order valence-corrected chi connectivity index (χ0v) is 19.4. The molecule has 1 saturated heterocycles. The maximum atomic E-state index is 12.5. The molecule has 176 valence electrons. The van der Waals surface area contributed by atoms with Crippen LogP contribution in [0, 0.1) is 13.8 Å². The van der Waals surface area contributed by atoms with Crippen molar-refractivity contribution in [2.45, 2.75) is 58.4 Å². The van der Waals surface area contributed by atoms with Gasteiger partial charge >= 0.3 is 6.03 Å². The van der Waals surface area contributed by atoms with Gasteiger partial charge in [0.15, 0.2) is 0 Å². The summed E-state index contributed by atoms with van der Waals surface area (Å²) >= 11 is 0. The summed E-state index contributed by atoms with van der Waals surface area (Å²) in [5.74, 6) is 0.00843. The summed E-state index contributed by atoms with van der Waals surface area (Å²) in [4.78, 5) is 40.8. The van der Waals surface area contributed by atoms with Crippen LogP contribution in [0.1, 0.15) is 49.7 Å². The highest BCUT2D eigenvalue weighted by Crippen LogP contribution is 2.18. The van der Waals surface area contributed by atoms with Crippen molar-refractivity contribution in [3.8, 4) is 0 Å². The molecule has 4 amide bonds. The predicted molar refractivity (Wildman–Crippen MR) is 126 cm³/mol. The molecular weight excluding hydrogens is 406 g/mol. The first-order valence-electron chi connectivity index (χ1n) is 11.8. The SMILES string of the molecule is Cc1cccc(NC(=O)CN2CCN(C(=O)CCNC(=O)NC3CCCCC3)CC2)c1C. The van der Waals surface area contributed by atoms with E-state index in [4.69, 9.17) is 0 Å². The quantitative estimate of drug-likeness (QED) is 0.603. The smallest absolute Gasteiger partial charge is 0.315 e. The minimum Gasteiger partial charge on any atom is -0.340 e. The molecule has 3 rings (SSSR count). The highest BCUT2D eigenvalue weighted by molar-refractivity contribution is 5.93. The molecule has 8 heteroatoms. The number of hydrogen-bond donors (Lipinski definition) is 3. The molecule has 1 aliphatic carbocycles. The number of amides is 4. The molecule has 2 fully saturated rings. The highest BCUT2D eigenvalue weighted by Gasteiger charge is 2.23. The summed E-state index contributed by atoms with van der Waals surface area (Å²) in [6, 6.07) is 5.97. The van der Waals surface area contributed by atoms with Gasteiger partial charge in [0.05, 0.1) is 6.54 Å². The third kappa shape index (κ3) is 7.22. The zero-order chi connectivity index (χ0) is 22.9. The second-order valence-corrected chi connectivity index (χ2v) is 8.94. The second kappa shape index (κ2) is 11.9. The van der Waals surface area contributed by atoms with Crippen LogP contribution in [0.25, 0.3) is 0 Å². The number of nitrogens with one attached hydrogen (secondary N) is 3. The van der Waals surface area contributed by atoms with Crippen LogP contribution >= 0.6 is 0 Å². The van der Waals surface area contributed by atoms with Crippen molar-refractivity contribution in [1.82, 2.24) is 20.4 Å². The van der Waals surface area contributed by atoms with Crippen LogP contribution in [0.5, 0.6) is 0 Å². The molecular formula is C24H37N5O3. The average molecular weight is 444 g/mol. The van der Waals surface area contributed by atoms with Crippen molar-refractivity contribution in [3.63, 3.8) is 0 Å². The Morgan fingerprint density at radius 1 is 1.00 bits per heavy atom. The normalized spacial score (nSPS) is 17.6. The van der Waals surface area contributed by atoms with Crippen molar-refractivity contribution >= 4 is 23.5 Å². The Morgan fingerprint density at radius 3 is 2.44 bits per heavy atom. The van der Waals surface area contributed by atoms with Crippen molar-refractivity contribution in [2.75, 3.05) is 44.6 Å². The molecule has 3 N–H and O–H groups in total. The van der Waals surface area contributed by atoms with E-state index in [0.29, 0.717) is 45.7 Å². The summed E-state index contributed by atoms with van der Waals surface area (Å²) in [7, 11) is 0. The summed E-state index contributed by atoms with van der Waals surface area (Å²) in [5, 5.41) is 8.80. The van der Waals surface area contributed by atoms with Crippen LogP contribution < -0.4 is 16.0 Å². The molecule has 8 nitrogen and oxygen atoms in total. The molecule has 2 aliphatic rings. The van der Waals surface area contributed by atoms with Gasteiger partial charge in [-0.15, -0.1) is 0 Å². The molecule has 0 aromatic heterocycles. The maximum absolute atomic E-state index is 12.5. The fourth-order valence-electron chi connectivity index (χ4n) is 4.36. The Labute approximate surface area is 191 Å². The molecule has 1 aromatic carbocycles. The van der Waals surface area contributed by atoms with Crippen molar-refractivity contribution in [3.05, 3.63) is 29.3 Å². The largest absolute Gasteiger partial charge is 0.340 e. The molecule has 0 spiro atoms. The minimum atomic E-state index is -0.177. The third-order valence-electron chi connectivity index (χ3n) is 6.54. The van der Waals surface area contributed by atoms with Crippen LogP contribution in [0.15, 0.2) is 18.2 Å². The van der Waals surface area contributed by atoms with Crippen LogP contribution in [0.4, 0.5) is 10.5 Å². The van der Waals surface area contributed by atoms with E-state index in [9.17, 15) is 14.4 Å². The number of piperazine rings is 1. The number of urea groups is 1. The Bertz CT molecular complexity index is 799. The molecule has 1 saturated carbocycles. The molecule has 32 heavy (non-hydrogen) atoms. The molecule has 0 radical (unpaired) electrons. The van der Waals surface area contributed by atoms with E-state index < -0.39 is 0 Å². The Hall–Kier alpha value is -2.61. The first-order chi connectivity index (χ1) is 15.4. The number of benzene rings is 1. The summed E-state index contributed by atoms with van der Waals surface area (Å²) < 4.78 is 0. The van der Waals surface area contributed by atoms with Crippen molar-refractivity contribution < 1.29 is 14.4 Å². The number of carbonyl (C=O) groups excluding carboxylic acids is 3. The molecule has 0 atom stereocenters. The van der Waals surface area contributed by atoms with Gasteiger partial charge in [-0.2, -0.15) is 0 Å². The van der Waals surface area contributed by atoms with Gasteiger partial charge in [-0.05, 0) is 43.9 Å². The van der Waals surface area contributed by atoms with Crippen molar-refractivity contribution in [1.29, 1.82) is 0 Å². The fraction of sp³-hybridized carbons (Fsp3) is 0.625. The standard InChI is InChI=1S/C24H37N5O3/c1-18-7-6-10-21(19(18)2)27-22(30)17-28-13-15-29(16-14-28)23(31)11-12-25-24(32)26-20-8-4-3-5-9-20/h6-7,10,20H,3-5,8-9,11-17H2,1-2H3,(H,27,30)(H2,25,26,32). The van der Waals surface area contributed by atoms with Gasteiger partial charge in [0, 0.05) is 50.9 Å². The monoisotopic (exact) mass is 443 g/mol. The lowest BCUT2D eigenvalue weighted by atomic mass is 9.96. The lowest BCUT2D eigenvalue weighted by molar-refractivity contribution is -0.132. The van der Waals surface area contributed by atoms with E-state index in [0.717, 1.165) is 29.7 Å². The van der Waals surface area contributed by atoms with E-state index in [1.54, 1.807) is 0 Å². The number of nitrogens with zero attached hydrogens (tertiary/aromatic N) is 2. The van der Waals surface area contributed by atoms with Gasteiger partial charge in [-0.3, -0.25) is 14.5 Å². The lowest BCUT2D eigenvalue weighted by Crippen LogP contribution is -2.51. The maximum Gasteiger partial charge on any atom is 0.315 e. The highest BCUT2D eigenvalue weighted by atomic mass is 16.2. The molecule has 0 bridgehead atoms. The summed E-state index contributed by atoms with van der Waals surface area (Å²) in [6.07, 6.45) is 5.97. The van der Waals surface area contributed by atoms with E-state index in [2.05, 4.69) is 20.9 Å². The average Bonchev–Trinajstić information content (AvgIpc) is 2.78. The first kappa shape index (κ1) is 24.0. The summed E-state index contributed by atoms with van der Waals surface area (Å²) in [6.45, 7) is 7.23. The Kier molecular flexibility index (Phi) is 8.90. The Balaban J connectivity index is 1.31. The number of hydrogen-bond acceptors (Lipinski definition) is 4. The number of anilines is 1. The van der Waals surface area contributed by atoms with Gasteiger partial charge in [0.25, 0.3) is 0 Å². The van der Waals surface area contributed by atoms with Crippen LogP contribution in [0.3, 0.4) is 0 Å². The van der Waals surface area contributed by atoms with E-state index in [1.807, 2.05) is 36.9 Å². The van der Waals surface area contributed by atoms with E-state index in [-0.39, 0.29) is 23.9 Å². The lowest BCUT2D eigenvalue weighted by Gasteiger charge is -2.34. The number of rotatable bonds is 7. The Morgan fingerprint density at radius 2 is 1.72 bits per heavy atom. The van der Waals surface area contributed by atoms with Gasteiger partial charge < -0.3 is 20.9 Å². The van der Waals surface area contributed by atoms with E-state index in [1.165, 1.54) is 19.3 Å². The van der Waals surface area contributed by atoms with Crippen LogP contribution in [-0.4, -0.2) is 73.0 Å². The molecule has 1 aromatic rings. The van der Waals surface area contributed by atoms with Gasteiger partial charge in [0.1, 0.15) is 0 Å². The molecule has 0 unspecified atom stereocenters. The second-order valence-electron chi connectivity index (χ2n) is 8.94. The minimum absolute atomic E-state index is 0.0355. The van der Waals surface area contributed by atoms with Gasteiger partial charge in [0.2, 0.25) is 11.8 Å². The zero-order valence-electron chi connectivity index (χ0n) is 19.4. The third-order valence-corrected chi connectivity index (χ3v) is 6.54. The van der Waals surface area contributed by atoms with Gasteiger partial charge in [-0.1, -0.05) is 31.4 Å². The molecule has 1 heterocycles. The van der Waals surface area contributed by atoms with E-state index >= 15 is 0 Å². The first-order valence-corrected chi connectivity index (χ1v) is 11.8. The van der Waals surface area contributed by atoms with Gasteiger partial charge in [-0.25, -0.2) is 4.79 Å². The summed E-state index contributed by atoms with van der Waals surface area (Å²) in [5.41, 5.74) is 3.08. The number of carbonyl (C=O) groups is 3. The predicted octanol–water partition coefficient (Wildman–Crippen LogP) is 2.41.